The van der Waals surface area contributed by atoms with Crippen molar-refractivity contribution in [2.24, 2.45) is 7.05 Å². The van der Waals surface area contributed by atoms with Gasteiger partial charge in [0.25, 0.3) is 0 Å². The summed E-state index contributed by atoms with van der Waals surface area (Å²) in [6.45, 7) is 3.47. The van der Waals surface area contributed by atoms with Gasteiger partial charge in [-0.15, -0.1) is 0 Å². The van der Waals surface area contributed by atoms with E-state index in [1.807, 2.05) is 67.3 Å². The number of nitrogens with one attached hydrogen (secondary N) is 1. The maximum atomic E-state index is 13.9. The van der Waals surface area contributed by atoms with Crippen LogP contribution >= 0.6 is 0 Å². The molecule has 1 fully saturated rings. The van der Waals surface area contributed by atoms with Crippen LogP contribution in [0.15, 0.2) is 48.7 Å². The summed E-state index contributed by atoms with van der Waals surface area (Å²) in [7, 11) is 7.26. The van der Waals surface area contributed by atoms with E-state index in [4.69, 9.17) is 9.47 Å². The lowest BCUT2D eigenvalue weighted by Gasteiger charge is -2.46. The molecule has 8 nitrogen and oxygen atoms in total. The molecule has 3 aromatic rings. The molecule has 4 rings (SSSR count). The summed E-state index contributed by atoms with van der Waals surface area (Å²) in [4.78, 5) is 30.9. The largest absolute Gasteiger partial charge is 0.493 e. The number of benzene rings is 2. The Morgan fingerprint density at radius 3 is 2.39 bits per heavy atom. The first-order valence-corrected chi connectivity index (χ1v) is 12.3. The van der Waals surface area contributed by atoms with Gasteiger partial charge < -0.3 is 29.2 Å². The molecular formula is C28H36N4O4. The number of carbonyl (C=O) groups excluding carboxylic acids is 2. The fraction of sp³-hybridized carbons (Fsp3) is 0.429. The van der Waals surface area contributed by atoms with Crippen LogP contribution in [0.25, 0.3) is 10.9 Å². The van der Waals surface area contributed by atoms with Crippen LogP contribution in [0, 0.1) is 0 Å². The fourth-order valence-corrected chi connectivity index (χ4v) is 5.16. The molecule has 1 saturated heterocycles. The van der Waals surface area contributed by atoms with Gasteiger partial charge in [0, 0.05) is 56.4 Å². The quantitative estimate of drug-likeness (QED) is 0.519. The molecule has 2 amide bonds. The van der Waals surface area contributed by atoms with E-state index < -0.39 is 5.54 Å². The van der Waals surface area contributed by atoms with Gasteiger partial charge in [-0.2, -0.15) is 0 Å². The van der Waals surface area contributed by atoms with Crippen molar-refractivity contribution in [1.82, 2.24) is 14.4 Å². The van der Waals surface area contributed by atoms with Crippen molar-refractivity contribution in [2.45, 2.75) is 31.7 Å². The van der Waals surface area contributed by atoms with Crippen LogP contribution in [-0.4, -0.2) is 72.6 Å². The number of hydrogen-bond acceptors (Lipinski definition) is 5. The first-order chi connectivity index (χ1) is 17.3. The van der Waals surface area contributed by atoms with E-state index in [-0.39, 0.29) is 11.8 Å². The lowest BCUT2D eigenvalue weighted by Crippen LogP contribution is -2.63. The summed E-state index contributed by atoms with van der Waals surface area (Å²) in [5.41, 5.74) is 1.93. The lowest BCUT2D eigenvalue weighted by atomic mass is 9.84. The smallest absolute Gasteiger partial charge is 0.250 e. The molecule has 1 aromatic heterocycles. The number of fused-ring (bicyclic) bond motifs is 1. The molecule has 0 spiro atoms. The maximum Gasteiger partial charge on any atom is 0.250 e. The van der Waals surface area contributed by atoms with Gasteiger partial charge in [-0.05, 0) is 68.3 Å². The molecule has 2 aromatic carbocycles. The van der Waals surface area contributed by atoms with Crippen molar-refractivity contribution in [3.8, 4) is 11.5 Å². The van der Waals surface area contributed by atoms with Gasteiger partial charge >= 0.3 is 0 Å². The minimum Gasteiger partial charge on any atom is -0.493 e. The highest BCUT2D eigenvalue weighted by molar-refractivity contribution is 6.01. The number of aromatic nitrogens is 1. The van der Waals surface area contributed by atoms with Crippen LogP contribution in [0.2, 0.25) is 0 Å². The van der Waals surface area contributed by atoms with E-state index in [0.29, 0.717) is 37.3 Å². The SMILES string of the molecule is COc1ccc(CCN(C(C)=O)C2(C(=O)Nc3ccc4c(ccn4C)c3)CCN(C)CC2)cc1OC. The van der Waals surface area contributed by atoms with Gasteiger partial charge in [0.1, 0.15) is 5.54 Å². The molecule has 1 N–H and O–H groups in total. The summed E-state index contributed by atoms with van der Waals surface area (Å²) < 4.78 is 12.8. The predicted molar refractivity (Wildman–Crippen MR) is 142 cm³/mol. The van der Waals surface area contributed by atoms with Crippen LogP contribution in [-0.2, 0) is 23.1 Å². The highest BCUT2D eigenvalue weighted by Gasteiger charge is 2.47. The number of methoxy groups -OCH3 is 2. The van der Waals surface area contributed by atoms with E-state index in [1.165, 1.54) is 0 Å². The first kappa shape index (κ1) is 25.6. The molecule has 1 aliphatic rings. The van der Waals surface area contributed by atoms with Gasteiger partial charge in [0.05, 0.1) is 14.2 Å². The van der Waals surface area contributed by atoms with Gasteiger partial charge in [0.2, 0.25) is 11.8 Å². The molecule has 36 heavy (non-hydrogen) atoms. The normalized spacial score (nSPS) is 15.5. The summed E-state index contributed by atoms with van der Waals surface area (Å²) in [5, 5.41) is 4.20. The first-order valence-electron chi connectivity index (χ1n) is 12.3. The molecule has 0 aliphatic carbocycles. The van der Waals surface area contributed by atoms with E-state index in [0.717, 1.165) is 35.2 Å². The second-order valence-electron chi connectivity index (χ2n) is 9.60. The Morgan fingerprint density at radius 2 is 1.72 bits per heavy atom. The Kier molecular flexibility index (Phi) is 7.54. The molecule has 192 valence electrons. The molecule has 8 heteroatoms. The third kappa shape index (κ3) is 5.04. The molecular weight excluding hydrogens is 456 g/mol. The average Bonchev–Trinajstić information content (AvgIpc) is 3.24. The van der Waals surface area contributed by atoms with Crippen molar-refractivity contribution in [3.05, 3.63) is 54.2 Å². The lowest BCUT2D eigenvalue weighted by molar-refractivity contribution is -0.147. The number of likely N-dealkylation sites (tertiary alicyclic amines) is 1. The minimum absolute atomic E-state index is 0.103. The Morgan fingerprint density at radius 1 is 1.00 bits per heavy atom. The highest BCUT2D eigenvalue weighted by atomic mass is 16.5. The zero-order valence-corrected chi connectivity index (χ0v) is 21.8. The van der Waals surface area contributed by atoms with Gasteiger partial charge in [-0.25, -0.2) is 0 Å². The minimum atomic E-state index is -0.916. The topological polar surface area (TPSA) is 76.0 Å². The molecule has 0 saturated carbocycles. The van der Waals surface area contributed by atoms with Crippen molar-refractivity contribution >= 4 is 28.4 Å². The number of aryl methyl sites for hydroxylation is 1. The second-order valence-corrected chi connectivity index (χ2v) is 9.60. The summed E-state index contributed by atoms with van der Waals surface area (Å²) in [5.74, 6) is 1.07. The fourth-order valence-electron chi connectivity index (χ4n) is 5.16. The zero-order valence-electron chi connectivity index (χ0n) is 21.8. The number of piperidine rings is 1. The molecule has 2 heterocycles. The number of rotatable bonds is 8. The van der Waals surface area contributed by atoms with Crippen LogP contribution in [0.1, 0.15) is 25.3 Å². The predicted octanol–water partition coefficient (Wildman–Crippen LogP) is 3.69. The molecule has 1 aliphatic heterocycles. The van der Waals surface area contributed by atoms with Gasteiger partial charge in [-0.1, -0.05) is 6.07 Å². The number of carbonyl (C=O) groups is 2. The third-order valence-corrected chi connectivity index (χ3v) is 7.35. The summed E-state index contributed by atoms with van der Waals surface area (Å²) >= 11 is 0. The van der Waals surface area contributed by atoms with E-state index in [9.17, 15) is 9.59 Å². The van der Waals surface area contributed by atoms with Crippen molar-refractivity contribution in [2.75, 3.05) is 46.2 Å². The second kappa shape index (κ2) is 10.6. The molecule has 0 atom stereocenters. The van der Waals surface area contributed by atoms with Crippen LogP contribution < -0.4 is 14.8 Å². The maximum absolute atomic E-state index is 13.9. The van der Waals surface area contributed by atoms with E-state index in [2.05, 4.69) is 10.2 Å². The monoisotopic (exact) mass is 492 g/mol. The van der Waals surface area contributed by atoms with E-state index >= 15 is 0 Å². The Labute approximate surface area is 212 Å². The van der Waals surface area contributed by atoms with Crippen molar-refractivity contribution < 1.29 is 19.1 Å². The molecule has 0 unspecified atom stereocenters. The van der Waals surface area contributed by atoms with Crippen molar-refractivity contribution in [1.29, 1.82) is 0 Å². The molecule has 0 bridgehead atoms. The highest BCUT2D eigenvalue weighted by Crippen LogP contribution is 2.33. The van der Waals surface area contributed by atoms with E-state index in [1.54, 1.807) is 26.0 Å². The van der Waals surface area contributed by atoms with Crippen molar-refractivity contribution in [3.63, 3.8) is 0 Å². The Bertz CT molecular complexity index is 1240. The van der Waals surface area contributed by atoms with Crippen LogP contribution in [0.4, 0.5) is 5.69 Å². The number of amides is 2. The number of anilines is 1. The van der Waals surface area contributed by atoms with Gasteiger partial charge in [0.15, 0.2) is 11.5 Å². The van der Waals surface area contributed by atoms with Crippen LogP contribution in [0.3, 0.4) is 0 Å². The standard InChI is InChI=1S/C28H36N4O4/c1-20(33)32(15-10-21-6-9-25(35-4)26(18-21)36-5)28(12-16-30(2)17-13-28)27(34)29-23-7-8-24-22(19-23)11-14-31(24)3/h6-9,11,14,18-19H,10,12-13,15-17H2,1-5H3,(H,29,34). The molecule has 0 radical (unpaired) electrons. The number of hydrogen-bond donors (Lipinski definition) is 1. The number of nitrogens with zero attached hydrogens (tertiary/aromatic N) is 3. The average molecular weight is 493 g/mol. The zero-order chi connectivity index (χ0) is 25.9. The number of ether oxygens (including phenoxy) is 2. The Balaban J connectivity index is 1.59. The van der Waals surface area contributed by atoms with Crippen LogP contribution in [0.5, 0.6) is 11.5 Å². The summed E-state index contributed by atoms with van der Waals surface area (Å²) in [6.07, 6.45) is 3.75. The third-order valence-electron chi connectivity index (χ3n) is 7.35. The summed E-state index contributed by atoms with van der Waals surface area (Å²) in [6, 6.07) is 13.7. The van der Waals surface area contributed by atoms with Gasteiger partial charge in [-0.3, -0.25) is 9.59 Å². The Hall–Kier alpha value is -3.52.